The number of nitrogens with two attached hydrogens (primary N) is 1. The second-order valence-corrected chi connectivity index (χ2v) is 9.79. The predicted octanol–water partition coefficient (Wildman–Crippen LogP) is 4.11. The van der Waals surface area contributed by atoms with Crippen LogP contribution in [0.15, 0.2) is 60.8 Å². The maximum Gasteiger partial charge on any atom is 0.251 e. The Kier molecular flexibility index (Phi) is 7.37. The highest BCUT2D eigenvalue weighted by atomic mass is 16.5. The van der Waals surface area contributed by atoms with Crippen molar-refractivity contribution in [3.05, 3.63) is 83.2 Å². The lowest BCUT2D eigenvalue weighted by Crippen LogP contribution is -2.46. The van der Waals surface area contributed by atoms with Crippen LogP contribution in [0.3, 0.4) is 0 Å². The summed E-state index contributed by atoms with van der Waals surface area (Å²) in [4.78, 5) is 19.4. The SMILES string of the molecule is N=C(c1ccc(OC2CCN(C3CCC3)CC2)cc1)c1cc(C(=O)NCc2ncccc2O)ccc1N. The van der Waals surface area contributed by atoms with Gasteiger partial charge in [-0.05, 0) is 80.3 Å². The summed E-state index contributed by atoms with van der Waals surface area (Å²) in [7, 11) is 0. The lowest BCUT2D eigenvalue weighted by molar-refractivity contribution is 0.0493. The number of likely N-dealkylation sites (tertiary alicyclic amines) is 1. The van der Waals surface area contributed by atoms with Gasteiger partial charge in [-0.25, -0.2) is 0 Å². The molecular formula is C29H33N5O3. The van der Waals surface area contributed by atoms with E-state index in [1.54, 1.807) is 30.5 Å². The molecule has 2 aliphatic rings. The average Bonchev–Trinajstić information content (AvgIpc) is 2.88. The summed E-state index contributed by atoms with van der Waals surface area (Å²) in [5.41, 5.74) is 8.74. The third kappa shape index (κ3) is 5.75. The number of rotatable bonds is 8. The highest BCUT2D eigenvalue weighted by Gasteiger charge is 2.29. The molecule has 192 valence electrons. The normalized spacial score (nSPS) is 16.6. The molecule has 2 heterocycles. The van der Waals surface area contributed by atoms with E-state index in [2.05, 4.69) is 15.2 Å². The largest absolute Gasteiger partial charge is 0.506 e. The molecule has 3 aromatic rings. The quantitative estimate of drug-likeness (QED) is 0.273. The number of aromatic nitrogens is 1. The predicted molar refractivity (Wildman–Crippen MR) is 143 cm³/mol. The first-order valence-electron chi connectivity index (χ1n) is 12.9. The Hall–Kier alpha value is -3.91. The van der Waals surface area contributed by atoms with E-state index < -0.39 is 0 Å². The highest BCUT2D eigenvalue weighted by molar-refractivity contribution is 6.14. The molecule has 0 atom stereocenters. The summed E-state index contributed by atoms with van der Waals surface area (Å²) in [5, 5.41) is 21.3. The van der Waals surface area contributed by atoms with E-state index in [0.717, 1.165) is 37.7 Å². The maximum absolute atomic E-state index is 12.7. The van der Waals surface area contributed by atoms with E-state index in [9.17, 15) is 9.90 Å². The average molecular weight is 500 g/mol. The summed E-state index contributed by atoms with van der Waals surface area (Å²) in [6, 6.07) is 16.3. The maximum atomic E-state index is 12.7. The van der Waals surface area contributed by atoms with Crippen molar-refractivity contribution in [2.24, 2.45) is 0 Å². The Morgan fingerprint density at radius 3 is 2.49 bits per heavy atom. The Morgan fingerprint density at radius 2 is 1.81 bits per heavy atom. The van der Waals surface area contributed by atoms with Crippen LogP contribution in [-0.4, -0.2) is 51.8 Å². The summed E-state index contributed by atoms with van der Waals surface area (Å²) in [6.07, 6.45) is 7.90. The van der Waals surface area contributed by atoms with Crippen molar-refractivity contribution in [2.45, 2.75) is 50.8 Å². The number of carbonyl (C=O) groups is 1. The van der Waals surface area contributed by atoms with E-state index in [-0.39, 0.29) is 30.0 Å². The molecule has 8 nitrogen and oxygen atoms in total. The van der Waals surface area contributed by atoms with Gasteiger partial charge in [0.2, 0.25) is 0 Å². The fourth-order valence-corrected chi connectivity index (χ4v) is 4.90. The van der Waals surface area contributed by atoms with Crippen LogP contribution in [0, 0.1) is 5.41 Å². The van der Waals surface area contributed by atoms with Crippen LogP contribution in [0.2, 0.25) is 0 Å². The monoisotopic (exact) mass is 499 g/mol. The second-order valence-electron chi connectivity index (χ2n) is 9.79. The second kappa shape index (κ2) is 11.0. The number of hydrogen-bond acceptors (Lipinski definition) is 7. The molecule has 8 heteroatoms. The third-order valence-corrected chi connectivity index (χ3v) is 7.38. The molecule has 2 aromatic carbocycles. The first kappa shape index (κ1) is 24.8. The Morgan fingerprint density at radius 1 is 1.08 bits per heavy atom. The zero-order valence-electron chi connectivity index (χ0n) is 20.8. The van der Waals surface area contributed by atoms with Crippen LogP contribution in [-0.2, 0) is 6.54 Å². The molecule has 5 N–H and O–H groups in total. The zero-order valence-corrected chi connectivity index (χ0v) is 20.8. The van der Waals surface area contributed by atoms with Gasteiger partial charge in [0, 0.05) is 47.7 Å². The minimum atomic E-state index is -0.341. The molecule has 1 saturated heterocycles. The number of aromatic hydroxyl groups is 1. The summed E-state index contributed by atoms with van der Waals surface area (Å²) in [6.45, 7) is 2.29. The van der Waals surface area contributed by atoms with Crippen LogP contribution < -0.4 is 15.8 Å². The number of carbonyl (C=O) groups excluding carboxylic acids is 1. The summed E-state index contributed by atoms with van der Waals surface area (Å²) >= 11 is 0. The summed E-state index contributed by atoms with van der Waals surface area (Å²) < 4.78 is 6.22. The van der Waals surface area contributed by atoms with Crippen molar-refractivity contribution in [1.29, 1.82) is 5.41 Å². The number of amides is 1. The van der Waals surface area contributed by atoms with Crippen molar-refractivity contribution in [3.63, 3.8) is 0 Å². The van der Waals surface area contributed by atoms with Crippen LogP contribution in [0.4, 0.5) is 5.69 Å². The minimum Gasteiger partial charge on any atom is -0.506 e. The Bertz CT molecular complexity index is 1260. The molecule has 0 bridgehead atoms. The van der Waals surface area contributed by atoms with Crippen LogP contribution >= 0.6 is 0 Å². The van der Waals surface area contributed by atoms with Crippen molar-refractivity contribution >= 4 is 17.3 Å². The van der Waals surface area contributed by atoms with E-state index in [0.29, 0.717) is 28.1 Å². The highest BCUT2D eigenvalue weighted by Crippen LogP contribution is 2.29. The topological polar surface area (TPSA) is 125 Å². The van der Waals surface area contributed by atoms with Crippen LogP contribution in [0.1, 0.15) is 59.3 Å². The fraction of sp³-hybridized carbons (Fsp3) is 0.345. The molecule has 5 rings (SSSR count). The first-order chi connectivity index (χ1) is 18.0. The van der Waals surface area contributed by atoms with E-state index in [1.165, 1.54) is 25.3 Å². The molecule has 1 saturated carbocycles. The van der Waals surface area contributed by atoms with Gasteiger partial charge < -0.3 is 25.8 Å². The van der Waals surface area contributed by atoms with Gasteiger partial charge in [-0.2, -0.15) is 0 Å². The lowest BCUT2D eigenvalue weighted by Gasteiger charge is -2.41. The van der Waals surface area contributed by atoms with Gasteiger partial charge in [-0.15, -0.1) is 0 Å². The molecule has 37 heavy (non-hydrogen) atoms. The number of benzene rings is 2. The summed E-state index contributed by atoms with van der Waals surface area (Å²) in [5.74, 6) is 0.484. The number of nitrogens with zero attached hydrogens (tertiary/aromatic N) is 2. The first-order valence-corrected chi connectivity index (χ1v) is 12.9. The molecule has 1 aliphatic heterocycles. The van der Waals surface area contributed by atoms with Crippen molar-refractivity contribution in [1.82, 2.24) is 15.2 Å². The molecule has 0 unspecified atom stereocenters. The van der Waals surface area contributed by atoms with Gasteiger partial charge in [-0.1, -0.05) is 6.42 Å². The Labute approximate surface area is 217 Å². The number of anilines is 1. The zero-order chi connectivity index (χ0) is 25.8. The smallest absolute Gasteiger partial charge is 0.251 e. The van der Waals surface area contributed by atoms with Gasteiger partial charge in [0.05, 0.1) is 12.3 Å². The lowest BCUT2D eigenvalue weighted by atomic mass is 9.90. The minimum absolute atomic E-state index is 0.0223. The standard InChI is InChI=1S/C29H33N5O3/c30-25-11-8-20(29(36)33-18-26-27(35)5-2-14-32-26)17-24(25)28(31)19-6-9-22(10-7-19)37-23-12-15-34(16-13-23)21-3-1-4-21/h2,5-11,14,17,21,23,31,35H,1,3-4,12-13,15-16,18,30H2,(H,33,36). The van der Waals surface area contributed by atoms with Gasteiger partial charge in [0.15, 0.2) is 0 Å². The molecule has 1 aliphatic carbocycles. The fourth-order valence-electron chi connectivity index (χ4n) is 4.90. The number of piperidine rings is 1. The van der Waals surface area contributed by atoms with Crippen molar-refractivity contribution in [3.8, 4) is 11.5 Å². The Balaban J connectivity index is 1.20. The molecule has 0 radical (unpaired) electrons. The van der Waals surface area contributed by atoms with Crippen LogP contribution in [0.25, 0.3) is 0 Å². The molecule has 2 fully saturated rings. The van der Waals surface area contributed by atoms with Crippen LogP contribution in [0.5, 0.6) is 11.5 Å². The number of ether oxygens (including phenoxy) is 1. The molecule has 1 aromatic heterocycles. The number of nitrogens with one attached hydrogen (secondary N) is 2. The van der Waals surface area contributed by atoms with E-state index in [1.807, 2.05) is 24.3 Å². The number of hydrogen-bond donors (Lipinski definition) is 4. The third-order valence-electron chi connectivity index (χ3n) is 7.38. The van der Waals surface area contributed by atoms with Gasteiger partial charge in [-0.3, -0.25) is 15.2 Å². The van der Waals surface area contributed by atoms with Gasteiger partial charge in [0.25, 0.3) is 5.91 Å². The van der Waals surface area contributed by atoms with E-state index >= 15 is 0 Å². The van der Waals surface area contributed by atoms with E-state index in [4.69, 9.17) is 15.9 Å². The molecular weight excluding hydrogens is 466 g/mol. The van der Waals surface area contributed by atoms with Gasteiger partial charge >= 0.3 is 0 Å². The number of pyridine rings is 1. The van der Waals surface area contributed by atoms with Crippen molar-refractivity contribution in [2.75, 3.05) is 18.8 Å². The van der Waals surface area contributed by atoms with Gasteiger partial charge in [0.1, 0.15) is 23.3 Å². The molecule has 0 spiro atoms. The number of nitrogen functional groups attached to an aromatic ring is 1. The molecule has 1 amide bonds. The van der Waals surface area contributed by atoms with Crippen molar-refractivity contribution < 1.29 is 14.6 Å².